The van der Waals surface area contributed by atoms with Crippen LogP contribution in [-0.4, -0.2) is 50.9 Å². The van der Waals surface area contributed by atoms with Crippen molar-refractivity contribution in [1.82, 2.24) is 10.2 Å². The average molecular weight is 631 g/mol. The zero-order valence-corrected chi connectivity index (χ0v) is 25.7. The summed E-state index contributed by atoms with van der Waals surface area (Å²) in [4.78, 5) is 28.3. The Bertz CT molecular complexity index is 1380. The number of rotatable bonds is 13. The van der Waals surface area contributed by atoms with Gasteiger partial charge < -0.3 is 15.0 Å². The lowest BCUT2D eigenvalue weighted by atomic mass is 10.1. The van der Waals surface area contributed by atoms with E-state index in [9.17, 15) is 18.0 Å². The minimum Gasteiger partial charge on any atom is -0.494 e. The molecule has 8 nitrogen and oxygen atoms in total. The number of benzene rings is 3. The van der Waals surface area contributed by atoms with E-state index in [1.807, 2.05) is 45.0 Å². The molecule has 0 heterocycles. The fraction of sp³-hybridized carbons (Fsp3) is 0.333. The van der Waals surface area contributed by atoms with Crippen molar-refractivity contribution in [2.45, 2.75) is 51.6 Å². The van der Waals surface area contributed by atoms with Crippen LogP contribution in [-0.2, 0) is 26.2 Å². The summed E-state index contributed by atoms with van der Waals surface area (Å²) in [5.74, 6) is -0.257. The second kappa shape index (κ2) is 14.3. The van der Waals surface area contributed by atoms with E-state index in [0.29, 0.717) is 24.6 Å². The van der Waals surface area contributed by atoms with Gasteiger partial charge in [0.1, 0.15) is 18.3 Å². The Labute approximate surface area is 245 Å². The molecular formula is C30H36BrN3O5S. The molecule has 0 spiro atoms. The highest BCUT2D eigenvalue weighted by Gasteiger charge is 2.32. The van der Waals surface area contributed by atoms with Crippen molar-refractivity contribution in [3.8, 4) is 5.75 Å². The third-order valence-corrected chi connectivity index (χ3v) is 8.62. The zero-order chi connectivity index (χ0) is 29.3. The second-order valence-corrected chi connectivity index (χ2v) is 12.1. The number of aryl methyl sites for hydroxylation is 1. The van der Waals surface area contributed by atoms with Gasteiger partial charge >= 0.3 is 0 Å². The molecule has 1 N–H and O–H groups in total. The summed E-state index contributed by atoms with van der Waals surface area (Å²) in [7, 11) is -4.14. The number of anilines is 1. The number of sulfonamides is 1. The number of nitrogens with zero attached hydrogens (tertiary/aromatic N) is 2. The number of ether oxygens (including phenoxy) is 1. The van der Waals surface area contributed by atoms with Crippen LogP contribution in [0.1, 0.15) is 38.3 Å². The fourth-order valence-electron chi connectivity index (χ4n) is 4.01. The predicted molar refractivity (Wildman–Crippen MR) is 161 cm³/mol. The van der Waals surface area contributed by atoms with Crippen LogP contribution in [0, 0.1) is 6.92 Å². The minimum absolute atomic E-state index is 0.0255. The van der Waals surface area contributed by atoms with Gasteiger partial charge in [-0.05, 0) is 81.3 Å². The zero-order valence-electron chi connectivity index (χ0n) is 23.3. The van der Waals surface area contributed by atoms with Gasteiger partial charge in [0.2, 0.25) is 11.8 Å². The highest BCUT2D eigenvalue weighted by atomic mass is 79.9. The largest absolute Gasteiger partial charge is 0.494 e. The Morgan fingerprint density at radius 2 is 1.57 bits per heavy atom. The standard InChI is InChI=1S/C30H36BrN3O5S/c1-5-19-32-30(36)23(4)33(20-24-9-11-25(31)12-10-24)29(35)21-34(26-13-7-22(3)8-14-26)40(37,38)28-17-15-27(16-18-28)39-6-2/h7-18,23H,5-6,19-21H2,1-4H3,(H,32,36)/t23-/m1/s1. The highest BCUT2D eigenvalue weighted by Crippen LogP contribution is 2.26. The van der Waals surface area contributed by atoms with Crippen molar-refractivity contribution < 1.29 is 22.7 Å². The molecule has 1 atom stereocenters. The first-order valence-electron chi connectivity index (χ1n) is 13.2. The number of amides is 2. The summed E-state index contributed by atoms with van der Waals surface area (Å²) in [6.07, 6.45) is 0.751. The van der Waals surface area contributed by atoms with Crippen molar-refractivity contribution in [3.05, 3.63) is 88.4 Å². The van der Waals surface area contributed by atoms with Gasteiger partial charge in [-0.2, -0.15) is 0 Å². The summed E-state index contributed by atoms with van der Waals surface area (Å²) in [5.41, 5.74) is 2.11. The van der Waals surface area contributed by atoms with Crippen molar-refractivity contribution in [2.75, 3.05) is 24.0 Å². The molecule has 3 aromatic rings. The van der Waals surface area contributed by atoms with Crippen LogP contribution in [0.2, 0.25) is 0 Å². The van der Waals surface area contributed by atoms with E-state index in [1.165, 1.54) is 17.0 Å². The molecular weight excluding hydrogens is 594 g/mol. The third kappa shape index (κ3) is 8.08. The Kier molecular flexibility index (Phi) is 11.2. The molecule has 0 saturated heterocycles. The third-order valence-electron chi connectivity index (χ3n) is 6.31. The molecule has 214 valence electrons. The van der Waals surface area contributed by atoms with E-state index in [-0.39, 0.29) is 17.3 Å². The lowest BCUT2D eigenvalue weighted by molar-refractivity contribution is -0.139. The summed E-state index contributed by atoms with van der Waals surface area (Å²) in [6, 6.07) is 19.6. The molecule has 0 aliphatic heterocycles. The first-order chi connectivity index (χ1) is 19.1. The number of hydrogen-bond acceptors (Lipinski definition) is 5. The molecule has 10 heteroatoms. The van der Waals surface area contributed by atoms with E-state index in [2.05, 4.69) is 21.2 Å². The molecule has 0 unspecified atom stereocenters. The van der Waals surface area contributed by atoms with Crippen LogP contribution in [0.25, 0.3) is 0 Å². The molecule has 0 saturated carbocycles. The van der Waals surface area contributed by atoms with Crippen molar-refractivity contribution in [2.24, 2.45) is 0 Å². The topological polar surface area (TPSA) is 96.0 Å². The number of hydrogen-bond donors (Lipinski definition) is 1. The molecule has 0 aromatic heterocycles. The highest BCUT2D eigenvalue weighted by molar-refractivity contribution is 9.10. The number of carbonyl (C=O) groups excluding carboxylic acids is 2. The van der Waals surface area contributed by atoms with Crippen molar-refractivity contribution in [1.29, 1.82) is 0 Å². The summed E-state index contributed by atoms with van der Waals surface area (Å²) < 4.78 is 35.3. The van der Waals surface area contributed by atoms with Gasteiger partial charge in [0, 0.05) is 17.6 Å². The second-order valence-electron chi connectivity index (χ2n) is 9.37. The maximum atomic E-state index is 13.9. The van der Waals surface area contributed by atoms with Crippen LogP contribution in [0.3, 0.4) is 0 Å². The molecule has 40 heavy (non-hydrogen) atoms. The lowest BCUT2D eigenvalue weighted by Crippen LogP contribution is -2.51. The number of halogens is 1. The normalized spacial score (nSPS) is 11.9. The van der Waals surface area contributed by atoms with Crippen LogP contribution in [0.5, 0.6) is 5.75 Å². The monoisotopic (exact) mass is 629 g/mol. The molecule has 0 bridgehead atoms. The van der Waals surface area contributed by atoms with Gasteiger partial charge in [-0.15, -0.1) is 0 Å². The van der Waals surface area contributed by atoms with Crippen molar-refractivity contribution >= 4 is 43.5 Å². The quantitative estimate of drug-likeness (QED) is 0.277. The van der Waals surface area contributed by atoms with E-state index in [4.69, 9.17) is 4.74 Å². The lowest BCUT2D eigenvalue weighted by Gasteiger charge is -2.32. The summed E-state index contributed by atoms with van der Waals surface area (Å²) >= 11 is 3.42. The molecule has 3 aromatic carbocycles. The van der Waals surface area contributed by atoms with E-state index in [0.717, 1.165) is 26.3 Å². The summed E-state index contributed by atoms with van der Waals surface area (Å²) in [5, 5.41) is 2.84. The number of carbonyl (C=O) groups is 2. The molecule has 0 radical (unpaired) electrons. The van der Waals surface area contributed by atoms with E-state index < -0.39 is 28.5 Å². The van der Waals surface area contributed by atoms with Crippen molar-refractivity contribution in [3.63, 3.8) is 0 Å². The van der Waals surface area contributed by atoms with Crippen LogP contribution < -0.4 is 14.4 Å². The Morgan fingerprint density at radius 3 is 2.15 bits per heavy atom. The molecule has 2 amide bonds. The Hall–Kier alpha value is -3.37. The summed E-state index contributed by atoms with van der Waals surface area (Å²) in [6.45, 7) is 7.92. The molecule has 3 rings (SSSR count). The van der Waals surface area contributed by atoms with Gasteiger partial charge in [-0.3, -0.25) is 13.9 Å². The molecule has 0 fully saturated rings. The van der Waals surface area contributed by atoms with Gasteiger partial charge in [0.05, 0.1) is 17.2 Å². The van der Waals surface area contributed by atoms with Crippen LogP contribution in [0.15, 0.2) is 82.2 Å². The number of nitrogens with one attached hydrogen (secondary N) is 1. The maximum Gasteiger partial charge on any atom is 0.264 e. The Morgan fingerprint density at radius 1 is 0.950 bits per heavy atom. The first-order valence-corrected chi connectivity index (χ1v) is 15.4. The molecule has 0 aliphatic rings. The Balaban J connectivity index is 2.00. The maximum absolute atomic E-state index is 13.9. The fourth-order valence-corrected chi connectivity index (χ4v) is 5.69. The van der Waals surface area contributed by atoms with Gasteiger partial charge in [-0.25, -0.2) is 8.42 Å². The van der Waals surface area contributed by atoms with E-state index in [1.54, 1.807) is 43.3 Å². The van der Waals surface area contributed by atoms with E-state index >= 15 is 0 Å². The van der Waals surface area contributed by atoms with Gasteiger partial charge in [0.15, 0.2) is 0 Å². The average Bonchev–Trinajstić information content (AvgIpc) is 2.94. The SMILES string of the molecule is CCCNC(=O)[C@@H](C)N(Cc1ccc(Br)cc1)C(=O)CN(c1ccc(C)cc1)S(=O)(=O)c1ccc(OCC)cc1. The van der Waals surface area contributed by atoms with Crippen LogP contribution >= 0.6 is 15.9 Å². The van der Waals surface area contributed by atoms with Gasteiger partial charge in [-0.1, -0.05) is 52.7 Å². The minimum atomic E-state index is -4.14. The van der Waals surface area contributed by atoms with Gasteiger partial charge in [0.25, 0.3) is 10.0 Å². The van der Waals surface area contributed by atoms with Crippen LogP contribution in [0.4, 0.5) is 5.69 Å². The first kappa shape index (κ1) is 31.2. The predicted octanol–water partition coefficient (Wildman–Crippen LogP) is 5.30. The smallest absolute Gasteiger partial charge is 0.264 e. The molecule has 0 aliphatic carbocycles.